The van der Waals surface area contributed by atoms with Crippen LogP contribution in [0.15, 0.2) is 54.6 Å². The van der Waals surface area contributed by atoms with Gasteiger partial charge in [0.25, 0.3) is 0 Å². The molecule has 2 aromatic carbocycles. The summed E-state index contributed by atoms with van der Waals surface area (Å²) in [6, 6.07) is 16.9. The van der Waals surface area contributed by atoms with Gasteiger partial charge in [0.1, 0.15) is 11.4 Å². The number of piperidine rings is 1. The molecule has 98 heavy (non-hydrogen) atoms. The Morgan fingerprint density at radius 2 is 0.704 bits per heavy atom. The summed E-state index contributed by atoms with van der Waals surface area (Å²) in [5.74, 6) is -16.7. The first-order chi connectivity index (χ1) is 45.2. The SMILES string of the molecule is O=C(O)C(F)(F)F.O=C(O)C(F)(F)F.O=C(O)C(F)(F)F.O=C(O)C(F)(F)F.O=C(O)C(F)(F)F.O=C(O)CN1CCN(CCOCCOCCOCCN2CN(c3ccccc3)C3(CCN(CCCCc4ccc(F)cc4)CC3)C2=O)CCN(CC(=O)O)CCN(CC(=O)O)CC1. The van der Waals surface area contributed by atoms with Crippen molar-refractivity contribution in [1.29, 1.82) is 0 Å². The van der Waals surface area contributed by atoms with E-state index in [4.69, 9.17) is 63.7 Å². The van der Waals surface area contributed by atoms with Gasteiger partial charge in [0.2, 0.25) is 5.91 Å². The summed E-state index contributed by atoms with van der Waals surface area (Å²) in [5.41, 5.74) is 1.63. The molecule has 1 spiro atoms. The summed E-state index contributed by atoms with van der Waals surface area (Å²) >= 11 is 0. The summed E-state index contributed by atoms with van der Waals surface area (Å²) in [4.78, 5) is 107. The number of hydrogen-bond donors (Lipinski definition) is 8. The van der Waals surface area contributed by atoms with Gasteiger partial charge < -0.3 is 69.8 Å². The molecule has 0 aliphatic carbocycles. The highest BCUT2D eigenvalue weighted by atomic mass is 19.4. The van der Waals surface area contributed by atoms with Crippen LogP contribution < -0.4 is 4.90 Å². The van der Waals surface area contributed by atoms with Crippen molar-refractivity contribution < 1.29 is 168 Å². The highest BCUT2D eigenvalue weighted by Gasteiger charge is 2.53. The van der Waals surface area contributed by atoms with Crippen molar-refractivity contribution in [1.82, 2.24) is 29.4 Å². The van der Waals surface area contributed by atoms with Crippen molar-refractivity contribution in [3.05, 3.63) is 66.0 Å². The van der Waals surface area contributed by atoms with E-state index >= 15 is 0 Å². The van der Waals surface area contributed by atoms with Gasteiger partial charge >= 0.3 is 78.6 Å². The Hall–Kier alpha value is -7.97. The predicted molar refractivity (Wildman–Crippen MR) is 303 cm³/mol. The molecule has 0 bridgehead atoms. The van der Waals surface area contributed by atoms with E-state index in [9.17, 15) is 105 Å². The summed E-state index contributed by atoms with van der Waals surface area (Å²) in [6.07, 6.45) is -20.9. The minimum Gasteiger partial charge on any atom is -0.480 e. The van der Waals surface area contributed by atoms with Gasteiger partial charge in [-0.2, -0.15) is 65.9 Å². The fourth-order valence-electron chi connectivity index (χ4n) is 8.60. The Balaban J connectivity index is 0.00000218. The number of ether oxygens (including phenoxy) is 3. The zero-order chi connectivity index (χ0) is 75.3. The molecule has 3 aliphatic heterocycles. The highest BCUT2D eigenvalue weighted by molar-refractivity contribution is 5.93. The number of carbonyl (C=O) groups excluding carboxylic acids is 1. The van der Waals surface area contributed by atoms with E-state index in [1.807, 2.05) is 35.2 Å². The minimum atomic E-state index is -5.08. The average Bonchev–Trinajstić information content (AvgIpc) is 1.58. The van der Waals surface area contributed by atoms with Crippen molar-refractivity contribution in [2.75, 3.05) is 156 Å². The lowest BCUT2D eigenvalue weighted by molar-refractivity contribution is -0.193. The zero-order valence-electron chi connectivity index (χ0n) is 51.6. The first-order valence-electron chi connectivity index (χ1n) is 28.6. The maximum Gasteiger partial charge on any atom is 0.490 e. The predicted octanol–water partition coefficient (Wildman–Crippen LogP) is 4.98. The summed E-state index contributed by atoms with van der Waals surface area (Å²) in [5, 5.41) is 63.9. The molecule has 8 N–H and O–H groups in total. The Labute approximate surface area is 546 Å². The molecule has 0 unspecified atom stereocenters. The Kier molecular flexibility index (Phi) is 40.5. The quantitative estimate of drug-likeness (QED) is 0.0507. The molecule has 0 radical (unpaired) electrons. The van der Waals surface area contributed by atoms with Crippen LogP contribution in [0.5, 0.6) is 0 Å². The lowest BCUT2D eigenvalue weighted by atomic mass is 9.85. The molecule has 27 nitrogen and oxygen atoms in total. The molecule has 3 heterocycles. The molecular formula is C55H73F16N7O20. The van der Waals surface area contributed by atoms with Crippen LogP contribution in [0, 0.1) is 5.82 Å². The molecule has 2 aromatic rings. The van der Waals surface area contributed by atoms with Crippen molar-refractivity contribution >= 4 is 59.3 Å². The standard InChI is InChI=1S/C45H68FN7O10.5C2HF3O2/c46-39-11-9-38(10-12-39)6-4-5-15-47-16-13-45(14-17-47)44(60)52(37-53(45)40-7-2-1-3-8-40)27-29-62-31-33-63-32-30-61-28-26-48-18-20-49(34-41(54)55)22-24-51(36-43(58)59)25-23-50(21-19-48)35-42(56)57;5*3-2(4,5)1(6)7/h1-3,7-12H,4-6,13-37H2,(H,54,55)(H,56,57)(H,58,59);5*(H,6,7). The number of para-hydroxylation sites is 1. The van der Waals surface area contributed by atoms with E-state index in [0.29, 0.717) is 112 Å². The Morgan fingerprint density at radius 3 is 1.03 bits per heavy atom. The van der Waals surface area contributed by atoms with Crippen LogP contribution in [0.2, 0.25) is 0 Å². The van der Waals surface area contributed by atoms with E-state index in [1.165, 1.54) is 12.1 Å². The zero-order valence-corrected chi connectivity index (χ0v) is 51.6. The fourth-order valence-corrected chi connectivity index (χ4v) is 8.60. The normalized spacial score (nSPS) is 16.3. The Bertz CT molecular complexity index is 2580. The Morgan fingerprint density at radius 1 is 0.398 bits per heavy atom. The number of hydrogen-bond acceptors (Lipinski definition) is 18. The van der Waals surface area contributed by atoms with E-state index in [1.54, 1.807) is 14.7 Å². The van der Waals surface area contributed by atoms with Gasteiger partial charge in [-0.05, 0) is 68.5 Å². The van der Waals surface area contributed by atoms with E-state index in [2.05, 4.69) is 26.8 Å². The number of carbonyl (C=O) groups is 9. The molecule has 3 fully saturated rings. The number of likely N-dealkylation sites (tertiary alicyclic amines) is 1. The molecule has 560 valence electrons. The first-order valence-corrected chi connectivity index (χ1v) is 28.6. The maximum absolute atomic E-state index is 14.1. The van der Waals surface area contributed by atoms with Gasteiger partial charge in [0.05, 0.1) is 65.9 Å². The smallest absolute Gasteiger partial charge is 0.480 e. The monoisotopic (exact) mass is 1460 g/mol. The molecule has 1 amide bonds. The summed E-state index contributed by atoms with van der Waals surface area (Å²) < 4.78 is 189. The number of rotatable bonds is 24. The first kappa shape index (κ1) is 90.0. The van der Waals surface area contributed by atoms with Gasteiger partial charge in [0, 0.05) is 84.2 Å². The lowest BCUT2D eigenvalue weighted by Crippen LogP contribution is -2.56. The third-order valence-electron chi connectivity index (χ3n) is 13.4. The van der Waals surface area contributed by atoms with Crippen LogP contribution in [-0.4, -0.2) is 311 Å². The van der Waals surface area contributed by atoms with Crippen molar-refractivity contribution in [3.63, 3.8) is 0 Å². The van der Waals surface area contributed by atoms with Crippen LogP contribution in [0.3, 0.4) is 0 Å². The lowest BCUT2D eigenvalue weighted by Gasteiger charge is -2.43. The number of unbranched alkanes of at least 4 members (excludes halogenated alkanes) is 1. The van der Waals surface area contributed by atoms with Crippen LogP contribution in [0.4, 0.5) is 75.9 Å². The summed E-state index contributed by atoms with van der Waals surface area (Å²) in [6.45, 7) is 9.48. The molecule has 0 aromatic heterocycles. The van der Waals surface area contributed by atoms with Crippen LogP contribution in [-0.2, 0) is 63.8 Å². The van der Waals surface area contributed by atoms with E-state index in [-0.39, 0.29) is 31.4 Å². The largest absolute Gasteiger partial charge is 0.490 e. The van der Waals surface area contributed by atoms with Crippen LogP contribution >= 0.6 is 0 Å². The number of anilines is 1. The van der Waals surface area contributed by atoms with Gasteiger partial charge in [-0.3, -0.25) is 38.8 Å². The highest BCUT2D eigenvalue weighted by Crippen LogP contribution is 2.39. The van der Waals surface area contributed by atoms with Crippen molar-refractivity contribution in [3.8, 4) is 0 Å². The molecule has 3 aliphatic rings. The molecular weight excluding hydrogens is 1380 g/mol. The average molecular weight is 1460 g/mol. The third-order valence-corrected chi connectivity index (χ3v) is 13.4. The van der Waals surface area contributed by atoms with Crippen molar-refractivity contribution in [2.24, 2.45) is 0 Å². The van der Waals surface area contributed by atoms with Crippen LogP contribution in [0.25, 0.3) is 0 Å². The number of aliphatic carboxylic acids is 8. The summed E-state index contributed by atoms with van der Waals surface area (Å²) in [7, 11) is 0. The number of carboxylic acids is 8. The fraction of sp³-hybridized carbons (Fsp3) is 0.618. The molecule has 3 saturated heterocycles. The van der Waals surface area contributed by atoms with Gasteiger partial charge in [0.15, 0.2) is 0 Å². The second-order valence-corrected chi connectivity index (χ2v) is 20.6. The minimum absolute atomic E-state index is 0.159. The second kappa shape index (κ2) is 44.1. The number of alkyl halides is 15. The molecule has 0 atom stereocenters. The van der Waals surface area contributed by atoms with E-state index < -0.39 is 84.2 Å². The maximum atomic E-state index is 14.1. The van der Waals surface area contributed by atoms with Crippen molar-refractivity contribution in [2.45, 2.75) is 68.5 Å². The molecule has 5 rings (SSSR count). The number of halogens is 16. The van der Waals surface area contributed by atoms with E-state index in [0.717, 1.165) is 63.0 Å². The second-order valence-electron chi connectivity index (χ2n) is 20.6. The van der Waals surface area contributed by atoms with Gasteiger partial charge in [-0.1, -0.05) is 30.3 Å². The third kappa shape index (κ3) is 40.0. The van der Waals surface area contributed by atoms with Gasteiger partial charge in [-0.25, -0.2) is 28.4 Å². The number of benzene rings is 2. The van der Waals surface area contributed by atoms with Crippen LogP contribution in [0.1, 0.15) is 31.2 Å². The molecule has 43 heteroatoms. The number of aryl methyl sites for hydroxylation is 1. The molecule has 0 saturated carbocycles. The number of nitrogens with zero attached hydrogens (tertiary/aromatic N) is 7. The number of carboxylic acid groups (broad SMARTS) is 8. The van der Waals surface area contributed by atoms with Gasteiger partial charge in [-0.15, -0.1) is 0 Å². The topological polar surface area (TPSA) is 366 Å². The number of amides is 1.